The summed E-state index contributed by atoms with van der Waals surface area (Å²) in [6, 6.07) is 7.82. The Balaban J connectivity index is 1.82. The van der Waals surface area contributed by atoms with Gasteiger partial charge < -0.3 is 14.8 Å². The van der Waals surface area contributed by atoms with Crippen molar-refractivity contribution in [2.24, 2.45) is 0 Å². The van der Waals surface area contributed by atoms with Gasteiger partial charge in [-0.25, -0.2) is 4.79 Å². The minimum absolute atomic E-state index is 0.379. The summed E-state index contributed by atoms with van der Waals surface area (Å²) in [5.74, 6) is 0.906. The molecule has 0 spiro atoms. The average Bonchev–Trinajstić information content (AvgIpc) is 2.90. The molecule has 0 radical (unpaired) electrons. The first-order chi connectivity index (χ1) is 8.78. The van der Waals surface area contributed by atoms with Crippen LogP contribution >= 0.6 is 0 Å². The Morgan fingerprint density at radius 3 is 2.56 bits per heavy atom. The maximum absolute atomic E-state index is 10.9. The molecule has 0 unspecified atom stereocenters. The number of nitrogens with one attached hydrogen (secondary N) is 1. The molecule has 0 saturated heterocycles. The Labute approximate surface area is 107 Å². The van der Waals surface area contributed by atoms with Crippen molar-refractivity contribution in [2.75, 3.05) is 7.11 Å². The number of alkyl carbamates (subject to hydrolysis) is 1. The molecule has 0 atom stereocenters. The Bertz CT molecular complexity index is 383. The third-order valence-corrected chi connectivity index (χ3v) is 3.15. The van der Waals surface area contributed by atoms with Gasteiger partial charge in [0.15, 0.2) is 0 Å². The second-order valence-electron chi connectivity index (χ2n) is 4.51. The second-order valence-corrected chi connectivity index (χ2v) is 4.51. The van der Waals surface area contributed by atoms with Crippen molar-refractivity contribution in [1.82, 2.24) is 5.32 Å². The van der Waals surface area contributed by atoms with Gasteiger partial charge in [-0.3, -0.25) is 0 Å². The molecule has 18 heavy (non-hydrogen) atoms. The zero-order chi connectivity index (χ0) is 12.8. The monoisotopic (exact) mass is 249 g/mol. The fourth-order valence-electron chi connectivity index (χ4n) is 2.13. The Kier molecular flexibility index (Phi) is 4.45. The van der Waals surface area contributed by atoms with Gasteiger partial charge in [0, 0.05) is 6.54 Å². The number of amides is 1. The number of carbonyl (C=O) groups excluding carboxylic acids is 1. The SMILES string of the molecule is COC(=O)NCc1ccc(OC2CCCC2)cc1. The average molecular weight is 249 g/mol. The van der Waals surface area contributed by atoms with Gasteiger partial charge in [0.2, 0.25) is 0 Å². The fraction of sp³-hybridized carbons (Fsp3) is 0.500. The number of hydrogen-bond donors (Lipinski definition) is 1. The predicted octanol–water partition coefficient (Wildman–Crippen LogP) is 2.86. The van der Waals surface area contributed by atoms with E-state index < -0.39 is 6.09 Å². The zero-order valence-electron chi connectivity index (χ0n) is 10.6. The molecule has 0 heterocycles. The largest absolute Gasteiger partial charge is 0.490 e. The third-order valence-electron chi connectivity index (χ3n) is 3.15. The van der Waals surface area contributed by atoms with E-state index in [1.807, 2.05) is 24.3 Å². The van der Waals surface area contributed by atoms with Crippen LogP contribution in [0.1, 0.15) is 31.2 Å². The summed E-state index contributed by atoms with van der Waals surface area (Å²) >= 11 is 0. The van der Waals surface area contributed by atoms with Gasteiger partial charge >= 0.3 is 6.09 Å². The standard InChI is InChI=1S/C14H19NO3/c1-17-14(16)15-10-11-6-8-13(9-7-11)18-12-4-2-3-5-12/h6-9,12H,2-5,10H2,1H3,(H,15,16). The van der Waals surface area contributed by atoms with Crippen LogP contribution in [0.4, 0.5) is 4.79 Å². The number of benzene rings is 1. The molecule has 0 bridgehead atoms. The lowest BCUT2D eigenvalue weighted by Gasteiger charge is -2.13. The zero-order valence-corrected chi connectivity index (χ0v) is 10.6. The van der Waals surface area contributed by atoms with Crippen LogP contribution in [0.25, 0.3) is 0 Å². The smallest absolute Gasteiger partial charge is 0.407 e. The van der Waals surface area contributed by atoms with E-state index in [-0.39, 0.29) is 0 Å². The lowest BCUT2D eigenvalue weighted by Crippen LogP contribution is -2.22. The molecule has 0 aromatic heterocycles. The van der Waals surface area contributed by atoms with Crippen molar-refractivity contribution in [2.45, 2.75) is 38.3 Å². The second kappa shape index (κ2) is 6.28. The topological polar surface area (TPSA) is 47.6 Å². The highest BCUT2D eigenvalue weighted by Crippen LogP contribution is 2.24. The molecule has 2 rings (SSSR count). The van der Waals surface area contributed by atoms with E-state index in [1.54, 1.807) is 0 Å². The van der Waals surface area contributed by atoms with Gasteiger partial charge in [0.05, 0.1) is 13.2 Å². The maximum atomic E-state index is 10.9. The molecule has 4 heteroatoms. The number of ether oxygens (including phenoxy) is 2. The van der Waals surface area contributed by atoms with Crippen LogP contribution < -0.4 is 10.1 Å². The summed E-state index contributed by atoms with van der Waals surface area (Å²) in [6.45, 7) is 0.469. The van der Waals surface area contributed by atoms with E-state index in [4.69, 9.17) is 4.74 Å². The van der Waals surface area contributed by atoms with E-state index in [9.17, 15) is 4.79 Å². The molecule has 1 aromatic carbocycles. The molecule has 1 aliphatic carbocycles. The minimum Gasteiger partial charge on any atom is -0.490 e. The quantitative estimate of drug-likeness (QED) is 0.892. The molecular formula is C14H19NO3. The highest BCUT2D eigenvalue weighted by Gasteiger charge is 2.16. The number of carbonyl (C=O) groups is 1. The molecule has 0 aliphatic heterocycles. The van der Waals surface area contributed by atoms with Gasteiger partial charge in [0.25, 0.3) is 0 Å². The maximum Gasteiger partial charge on any atom is 0.407 e. The Hall–Kier alpha value is -1.71. The van der Waals surface area contributed by atoms with Crippen molar-refractivity contribution < 1.29 is 14.3 Å². The van der Waals surface area contributed by atoms with Crippen molar-refractivity contribution in [3.63, 3.8) is 0 Å². The van der Waals surface area contributed by atoms with Crippen LogP contribution in [0.5, 0.6) is 5.75 Å². The van der Waals surface area contributed by atoms with Gasteiger partial charge in [-0.05, 0) is 43.4 Å². The van der Waals surface area contributed by atoms with Crippen LogP contribution in [0, 0.1) is 0 Å². The van der Waals surface area contributed by atoms with Crippen LogP contribution in [0.15, 0.2) is 24.3 Å². The van der Waals surface area contributed by atoms with Gasteiger partial charge in [-0.1, -0.05) is 12.1 Å². The fourth-order valence-corrected chi connectivity index (χ4v) is 2.13. The molecular weight excluding hydrogens is 230 g/mol. The molecule has 1 aliphatic rings. The first kappa shape index (κ1) is 12.7. The summed E-state index contributed by atoms with van der Waals surface area (Å²) in [7, 11) is 1.36. The number of methoxy groups -OCH3 is 1. The first-order valence-electron chi connectivity index (χ1n) is 6.35. The summed E-state index contributed by atoms with van der Waals surface area (Å²) in [5, 5.41) is 2.64. The van der Waals surface area contributed by atoms with Crippen LogP contribution in [-0.4, -0.2) is 19.3 Å². The first-order valence-corrected chi connectivity index (χ1v) is 6.35. The number of hydrogen-bond acceptors (Lipinski definition) is 3. The highest BCUT2D eigenvalue weighted by atomic mass is 16.5. The molecule has 98 valence electrons. The summed E-state index contributed by atoms with van der Waals surface area (Å²) in [6.07, 6.45) is 4.82. The molecule has 1 saturated carbocycles. The third kappa shape index (κ3) is 3.65. The predicted molar refractivity (Wildman–Crippen MR) is 68.6 cm³/mol. The van der Waals surface area contributed by atoms with Crippen molar-refractivity contribution in [3.05, 3.63) is 29.8 Å². The van der Waals surface area contributed by atoms with Crippen LogP contribution in [0.2, 0.25) is 0 Å². The lowest BCUT2D eigenvalue weighted by atomic mass is 10.2. The molecule has 1 N–H and O–H groups in total. The summed E-state index contributed by atoms with van der Waals surface area (Å²) in [4.78, 5) is 10.9. The number of rotatable bonds is 4. The normalized spacial score (nSPS) is 15.4. The van der Waals surface area contributed by atoms with E-state index in [2.05, 4.69) is 10.1 Å². The van der Waals surface area contributed by atoms with E-state index >= 15 is 0 Å². The van der Waals surface area contributed by atoms with Crippen molar-refractivity contribution in [3.8, 4) is 5.75 Å². The van der Waals surface area contributed by atoms with E-state index in [0.717, 1.165) is 24.2 Å². The molecule has 1 aromatic rings. The van der Waals surface area contributed by atoms with Crippen LogP contribution in [0.3, 0.4) is 0 Å². The Morgan fingerprint density at radius 2 is 1.94 bits per heavy atom. The lowest BCUT2D eigenvalue weighted by molar-refractivity contribution is 0.170. The minimum atomic E-state index is -0.415. The molecule has 1 amide bonds. The Morgan fingerprint density at radius 1 is 1.28 bits per heavy atom. The van der Waals surface area contributed by atoms with Crippen molar-refractivity contribution in [1.29, 1.82) is 0 Å². The van der Waals surface area contributed by atoms with Gasteiger partial charge in [0.1, 0.15) is 5.75 Å². The summed E-state index contributed by atoms with van der Waals surface area (Å²) in [5.41, 5.74) is 1.03. The van der Waals surface area contributed by atoms with Gasteiger partial charge in [-0.15, -0.1) is 0 Å². The van der Waals surface area contributed by atoms with E-state index in [1.165, 1.54) is 20.0 Å². The molecule has 1 fully saturated rings. The van der Waals surface area contributed by atoms with E-state index in [0.29, 0.717) is 12.6 Å². The highest BCUT2D eigenvalue weighted by molar-refractivity contribution is 5.66. The molecule has 4 nitrogen and oxygen atoms in total. The van der Waals surface area contributed by atoms with Gasteiger partial charge in [-0.2, -0.15) is 0 Å². The van der Waals surface area contributed by atoms with Crippen molar-refractivity contribution >= 4 is 6.09 Å². The van der Waals surface area contributed by atoms with Crippen LogP contribution in [-0.2, 0) is 11.3 Å². The summed E-state index contributed by atoms with van der Waals surface area (Å²) < 4.78 is 10.4.